The highest BCUT2D eigenvalue weighted by atomic mass is 16.1. The lowest BCUT2D eigenvalue weighted by Crippen LogP contribution is -2.26. The van der Waals surface area contributed by atoms with Crippen molar-refractivity contribution < 1.29 is 4.79 Å². The molecule has 1 fully saturated rings. The van der Waals surface area contributed by atoms with Gasteiger partial charge in [0.2, 0.25) is 0 Å². The maximum Gasteiger partial charge on any atom is 0.261 e. The van der Waals surface area contributed by atoms with Crippen LogP contribution in [0.3, 0.4) is 0 Å². The van der Waals surface area contributed by atoms with Gasteiger partial charge in [-0.2, -0.15) is 0 Å². The number of carbonyl (C=O) groups excluding carboxylic acids is 1. The molecule has 0 spiro atoms. The van der Waals surface area contributed by atoms with Crippen molar-refractivity contribution in [1.82, 2.24) is 9.55 Å². The van der Waals surface area contributed by atoms with Crippen LogP contribution < -0.4 is 10.9 Å². The van der Waals surface area contributed by atoms with Crippen molar-refractivity contribution in [3.8, 4) is 0 Å². The molecule has 1 saturated carbocycles. The van der Waals surface area contributed by atoms with Crippen molar-refractivity contribution >= 4 is 22.5 Å². The van der Waals surface area contributed by atoms with Gasteiger partial charge in [-0.05, 0) is 59.7 Å². The number of aromatic nitrogens is 2. The molecule has 1 heterocycles. The molecule has 3 aromatic carbocycles. The largest absolute Gasteiger partial charge is 0.322 e. The first kappa shape index (κ1) is 22.1. The van der Waals surface area contributed by atoms with Crippen LogP contribution in [-0.4, -0.2) is 15.5 Å². The molecule has 5 heteroatoms. The van der Waals surface area contributed by atoms with Gasteiger partial charge in [-0.25, -0.2) is 4.98 Å². The molecule has 1 aromatic heterocycles. The molecule has 1 amide bonds. The van der Waals surface area contributed by atoms with Gasteiger partial charge in [0.1, 0.15) is 5.82 Å². The van der Waals surface area contributed by atoms with Gasteiger partial charge in [0.05, 0.1) is 17.4 Å². The second-order valence-electron chi connectivity index (χ2n) is 10.1. The summed E-state index contributed by atoms with van der Waals surface area (Å²) in [6.07, 6.45) is 2.12. The fourth-order valence-electron chi connectivity index (χ4n) is 4.21. The number of nitrogens with zero attached hydrogens (tertiary/aromatic N) is 2. The van der Waals surface area contributed by atoms with E-state index in [9.17, 15) is 9.59 Å². The van der Waals surface area contributed by atoms with E-state index in [1.165, 1.54) is 5.56 Å². The quantitative estimate of drug-likeness (QED) is 0.413. The zero-order chi connectivity index (χ0) is 23.9. The van der Waals surface area contributed by atoms with E-state index in [-0.39, 0.29) is 16.9 Å². The molecule has 4 aromatic rings. The summed E-state index contributed by atoms with van der Waals surface area (Å²) in [4.78, 5) is 31.1. The molecule has 0 bridgehead atoms. The first-order valence-corrected chi connectivity index (χ1v) is 11.8. The first-order valence-electron chi connectivity index (χ1n) is 11.8. The molecule has 0 unspecified atom stereocenters. The number of amides is 1. The van der Waals surface area contributed by atoms with Gasteiger partial charge in [0, 0.05) is 17.2 Å². The van der Waals surface area contributed by atoms with E-state index in [1.807, 2.05) is 34.9 Å². The Bertz CT molecular complexity index is 1410. The number of benzene rings is 3. The molecule has 0 atom stereocenters. The van der Waals surface area contributed by atoms with Gasteiger partial charge >= 0.3 is 0 Å². The number of rotatable bonds is 5. The lowest BCUT2D eigenvalue weighted by atomic mass is 9.87. The fraction of sp³-hybridized carbons (Fsp3) is 0.276. The molecule has 1 N–H and O–H groups in total. The summed E-state index contributed by atoms with van der Waals surface area (Å²) in [6, 6.07) is 22.9. The van der Waals surface area contributed by atoms with Crippen LogP contribution in [0.2, 0.25) is 0 Å². The van der Waals surface area contributed by atoms with E-state index in [1.54, 1.807) is 18.2 Å². The van der Waals surface area contributed by atoms with Crippen molar-refractivity contribution in [2.24, 2.45) is 0 Å². The summed E-state index contributed by atoms with van der Waals surface area (Å²) in [5.74, 6) is 0.989. The topological polar surface area (TPSA) is 64.0 Å². The van der Waals surface area contributed by atoms with Crippen LogP contribution in [0.1, 0.15) is 66.8 Å². The Kier molecular flexibility index (Phi) is 5.56. The summed E-state index contributed by atoms with van der Waals surface area (Å²) in [7, 11) is 0. The molecule has 172 valence electrons. The first-order chi connectivity index (χ1) is 16.3. The van der Waals surface area contributed by atoms with Crippen LogP contribution in [0.15, 0.2) is 77.6 Å². The summed E-state index contributed by atoms with van der Waals surface area (Å²) < 4.78 is 1.81. The standard InChI is InChI=1S/C29H29N3O2/c1-29(2,3)22-13-9-19(10-14-22)18-32-26(20-11-12-20)31-25-16-15-23(17-24(25)28(32)34)30-27(33)21-7-5-4-6-8-21/h4-10,13-17,20H,11-12,18H2,1-3H3,(H,30,33). The zero-order valence-electron chi connectivity index (χ0n) is 19.8. The van der Waals surface area contributed by atoms with Crippen molar-refractivity contribution in [2.75, 3.05) is 5.32 Å². The molecular weight excluding hydrogens is 422 g/mol. The van der Waals surface area contributed by atoms with E-state index in [0.717, 1.165) is 24.2 Å². The number of hydrogen-bond acceptors (Lipinski definition) is 3. The number of anilines is 1. The third-order valence-corrected chi connectivity index (χ3v) is 6.38. The van der Waals surface area contributed by atoms with Crippen LogP contribution in [0, 0.1) is 0 Å². The predicted molar refractivity (Wildman–Crippen MR) is 137 cm³/mol. The zero-order valence-corrected chi connectivity index (χ0v) is 19.8. The number of carbonyl (C=O) groups is 1. The van der Waals surface area contributed by atoms with Gasteiger partial charge in [-0.1, -0.05) is 63.2 Å². The summed E-state index contributed by atoms with van der Waals surface area (Å²) >= 11 is 0. The highest BCUT2D eigenvalue weighted by molar-refractivity contribution is 6.05. The summed E-state index contributed by atoms with van der Waals surface area (Å²) in [5.41, 5.74) is 4.18. The van der Waals surface area contributed by atoms with Crippen molar-refractivity contribution in [3.63, 3.8) is 0 Å². The predicted octanol–water partition coefficient (Wildman–Crippen LogP) is 5.87. The van der Waals surface area contributed by atoms with Crippen LogP contribution >= 0.6 is 0 Å². The molecule has 5 rings (SSSR count). The molecular formula is C29H29N3O2. The third-order valence-electron chi connectivity index (χ3n) is 6.38. The Labute approximate surface area is 199 Å². The Morgan fingerprint density at radius 3 is 2.35 bits per heavy atom. The SMILES string of the molecule is CC(C)(C)c1ccc(Cn2c(C3CC3)nc3ccc(NC(=O)c4ccccc4)cc3c2=O)cc1. The Morgan fingerprint density at radius 1 is 1.00 bits per heavy atom. The molecule has 0 aliphatic heterocycles. The van der Waals surface area contributed by atoms with Gasteiger partial charge in [0.25, 0.3) is 11.5 Å². The van der Waals surface area contributed by atoms with Gasteiger partial charge < -0.3 is 5.32 Å². The minimum Gasteiger partial charge on any atom is -0.322 e. The van der Waals surface area contributed by atoms with E-state index >= 15 is 0 Å². The van der Waals surface area contributed by atoms with E-state index in [2.05, 4.69) is 50.4 Å². The summed E-state index contributed by atoms with van der Waals surface area (Å²) in [6.45, 7) is 7.07. The van der Waals surface area contributed by atoms with Crippen LogP contribution in [0.5, 0.6) is 0 Å². The maximum absolute atomic E-state index is 13.6. The Hall–Kier alpha value is -3.73. The highest BCUT2D eigenvalue weighted by Gasteiger charge is 2.29. The Balaban J connectivity index is 1.50. The second-order valence-corrected chi connectivity index (χ2v) is 10.1. The average Bonchev–Trinajstić information content (AvgIpc) is 3.67. The lowest BCUT2D eigenvalue weighted by molar-refractivity contribution is 0.102. The number of nitrogens with one attached hydrogen (secondary N) is 1. The fourth-order valence-corrected chi connectivity index (χ4v) is 4.21. The molecule has 34 heavy (non-hydrogen) atoms. The van der Waals surface area contributed by atoms with Crippen molar-refractivity contribution in [2.45, 2.75) is 51.5 Å². The normalized spacial score (nSPS) is 13.7. The van der Waals surface area contributed by atoms with Crippen LogP contribution in [-0.2, 0) is 12.0 Å². The summed E-state index contributed by atoms with van der Waals surface area (Å²) in [5, 5.41) is 3.42. The maximum atomic E-state index is 13.6. The molecule has 0 radical (unpaired) electrons. The van der Waals surface area contributed by atoms with Gasteiger partial charge in [-0.15, -0.1) is 0 Å². The lowest BCUT2D eigenvalue weighted by Gasteiger charge is -2.19. The van der Waals surface area contributed by atoms with Crippen LogP contribution in [0.4, 0.5) is 5.69 Å². The van der Waals surface area contributed by atoms with Crippen molar-refractivity contribution in [1.29, 1.82) is 0 Å². The Morgan fingerprint density at radius 2 is 1.71 bits per heavy atom. The van der Waals surface area contributed by atoms with E-state index in [0.29, 0.717) is 34.6 Å². The smallest absolute Gasteiger partial charge is 0.261 e. The molecule has 5 nitrogen and oxygen atoms in total. The molecule has 0 saturated heterocycles. The van der Waals surface area contributed by atoms with Gasteiger partial charge in [0.15, 0.2) is 0 Å². The molecule has 1 aliphatic rings. The van der Waals surface area contributed by atoms with Crippen molar-refractivity contribution in [3.05, 3.63) is 106 Å². The average molecular weight is 452 g/mol. The van der Waals surface area contributed by atoms with E-state index < -0.39 is 0 Å². The monoisotopic (exact) mass is 451 g/mol. The minimum atomic E-state index is -0.207. The van der Waals surface area contributed by atoms with Gasteiger partial charge in [-0.3, -0.25) is 14.2 Å². The van der Waals surface area contributed by atoms with E-state index in [4.69, 9.17) is 4.98 Å². The highest BCUT2D eigenvalue weighted by Crippen LogP contribution is 2.39. The number of fused-ring (bicyclic) bond motifs is 1. The van der Waals surface area contributed by atoms with Crippen LogP contribution in [0.25, 0.3) is 10.9 Å². The second kappa shape index (κ2) is 8.56. The minimum absolute atomic E-state index is 0.0670. The third kappa shape index (κ3) is 4.51. The molecule has 1 aliphatic carbocycles. The number of hydrogen-bond donors (Lipinski definition) is 1.